The maximum atomic E-state index is 14.2. The molecule has 0 amide bonds. The summed E-state index contributed by atoms with van der Waals surface area (Å²) < 4.78 is 20.3. The van der Waals surface area contributed by atoms with Crippen molar-refractivity contribution in [2.24, 2.45) is 16.5 Å². The second kappa shape index (κ2) is 9.82. The first-order valence-electron chi connectivity index (χ1n) is 10.6. The molecule has 0 radical (unpaired) electrons. The number of nitrogens with two attached hydrogens (primary N) is 3. The van der Waals surface area contributed by atoms with E-state index in [1.54, 1.807) is 25.5 Å². The van der Waals surface area contributed by atoms with E-state index in [0.717, 1.165) is 22.4 Å². The molecule has 0 aliphatic carbocycles. The predicted octanol–water partition coefficient (Wildman–Crippen LogP) is 3.38. The van der Waals surface area contributed by atoms with Crippen LogP contribution in [0.4, 0.5) is 10.2 Å². The van der Waals surface area contributed by atoms with Crippen molar-refractivity contribution in [2.75, 3.05) is 19.3 Å². The topological polar surface area (TPSA) is 125 Å². The summed E-state index contributed by atoms with van der Waals surface area (Å²) in [5.74, 6) is 0.273. The minimum Gasteiger partial charge on any atom is -0.482 e. The first-order chi connectivity index (χ1) is 15.3. The number of rotatable bonds is 4. The Morgan fingerprint density at radius 2 is 2.09 bits per heavy atom. The van der Waals surface area contributed by atoms with Crippen molar-refractivity contribution in [1.29, 1.82) is 0 Å². The van der Waals surface area contributed by atoms with Crippen molar-refractivity contribution >= 4 is 23.4 Å². The number of fused-ring (bicyclic) bond motifs is 3. The third-order valence-electron chi connectivity index (χ3n) is 5.45. The van der Waals surface area contributed by atoms with Crippen molar-refractivity contribution in [3.63, 3.8) is 0 Å². The number of nitrogen functional groups attached to an aromatic ring is 1. The lowest BCUT2D eigenvalue weighted by Crippen LogP contribution is -2.25. The summed E-state index contributed by atoms with van der Waals surface area (Å²) in [6.07, 6.45) is 3.33. The fourth-order valence-corrected chi connectivity index (χ4v) is 3.85. The SMILES string of the molecule is CCN/C1=C(\C(C)N)CC(C=NC)=C(N)c2ccc(F)cc2[C@@H](C)Oc2cc1cnc2N. The Morgan fingerprint density at radius 1 is 1.34 bits per heavy atom. The second-order valence-electron chi connectivity index (χ2n) is 7.82. The lowest BCUT2D eigenvalue weighted by Gasteiger charge is -2.25. The molecular formula is C24H31FN6O. The zero-order valence-electron chi connectivity index (χ0n) is 18.9. The number of aliphatic imine (C=N–C) groups is 1. The van der Waals surface area contributed by atoms with E-state index in [4.69, 9.17) is 21.9 Å². The van der Waals surface area contributed by atoms with Gasteiger partial charge < -0.3 is 27.3 Å². The molecule has 8 heteroatoms. The van der Waals surface area contributed by atoms with Gasteiger partial charge >= 0.3 is 0 Å². The molecule has 7 nitrogen and oxygen atoms in total. The van der Waals surface area contributed by atoms with Crippen LogP contribution in [0.2, 0.25) is 0 Å². The maximum Gasteiger partial charge on any atom is 0.166 e. The number of ether oxygens (including phenoxy) is 1. The number of hydrogen-bond donors (Lipinski definition) is 4. The quantitative estimate of drug-likeness (QED) is 0.543. The average molecular weight is 439 g/mol. The number of nitrogens with one attached hydrogen (secondary N) is 1. The Bertz CT molecular complexity index is 1090. The van der Waals surface area contributed by atoms with Crippen LogP contribution in [0.25, 0.3) is 11.4 Å². The monoisotopic (exact) mass is 438 g/mol. The fraction of sp³-hybridized carbons (Fsp3) is 0.333. The van der Waals surface area contributed by atoms with Crippen LogP contribution in [-0.2, 0) is 0 Å². The summed E-state index contributed by atoms with van der Waals surface area (Å²) in [6, 6.07) is 6.02. The highest BCUT2D eigenvalue weighted by molar-refractivity contribution is 5.92. The van der Waals surface area contributed by atoms with E-state index in [1.807, 2.05) is 26.8 Å². The van der Waals surface area contributed by atoms with E-state index < -0.39 is 6.10 Å². The number of hydrogen-bond acceptors (Lipinski definition) is 7. The molecule has 1 aliphatic heterocycles. The van der Waals surface area contributed by atoms with Crippen LogP contribution in [0.1, 0.15) is 50.0 Å². The minimum absolute atomic E-state index is 0.246. The van der Waals surface area contributed by atoms with Crippen LogP contribution in [-0.4, -0.2) is 30.8 Å². The number of halogens is 1. The molecule has 1 aromatic carbocycles. The van der Waals surface area contributed by atoms with E-state index in [-0.39, 0.29) is 17.7 Å². The standard InChI is InChI=1S/C24H31FN6O/c1-5-30-23-16-9-21(24(28)31-12-16)32-14(3)20-10-17(25)6-7-18(20)22(27)15(11-29-4)8-19(23)13(2)26/h6-7,9-14,30H,5,8,26-27H2,1-4H3,(H2,28,31)/b22-15?,23-19-,29-11?/t13?,14-/m1/s1. The third-order valence-corrected chi connectivity index (χ3v) is 5.45. The van der Waals surface area contributed by atoms with E-state index in [2.05, 4.69) is 15.3 Å². The highest BCUT2D eigenvalue weighted by Gasteiger charge is 2.23. The molecule has 170 valence electrons. The van der Waals surface area contributed by atoms with Crippen molar-refractivity contribution in [1.82, 2.24) is 10.3 Å². The van der Waals surface area contributed by atoms with Crippen LogP contribution < -0.4 is 27.3 Å². The average Bonchev–Trinajstić information content (AvgIpc) is 2.75. The predicted molar refractivity (Wildman–Crippen MR) is 128 cm³/mol. The van der Waals surface area contributed by atoms with Crippen molar-refractivity contribution in [3.8, 4) is 5.75 Å². The fourth-order valence-electron chi connectivity index (χ4n) is 3.85. The molecule has 0 fully saturated rings. The summed E-state index contributed by atoms with van der Waals surface area (Å²) in [4.78, 5) is 8.54. The molecule has 0 saturated carbocycles. The largest absolute Gasteiger partial charge is 0.482 e. The van der Waals surface area contributed by atoms with E-state index in [0.29, 0.717) is 35.5 Å². The summed E-state index contributed by atoms with van der Waals surface area (Å²) in [5, 5.41) is 3.42. The number of nitrogens with zero attached hydrogens (tertiary/aromatic N) is 2. The number of pyridine rings is 1. The third kappa shape index (κ3) is 4.75. The van der Waals surface area contributed by atoms with Gasteiger partial charge in [0, 0.05) is 66.6 Å². The van der Waals surface area contributed by atoms with Crippen LogP contribution in [0.3, 0.4) is 0 Å². The number of aromatic nitrogens is 1. The molecule has 3 rings (SSSR count). The summed E-state index contributed by atoms with van der Waals surface area (Å²) in [5.41, 5.74) is 24.3. The number of allylic oxidation sites excluding steroid dienone is 1. The van der Waals surface area contributed by atoms with Gasteiger partial charge in [-0.1, -0.05) is 0 Å². The van der Waals surface area contributed by atoms with Gasteiger partial charge in [-0.15, -0.1) is 0 Å². The van der Waals surface area contributed by atoms with E-state index in [1.165, 1.54) is 12.1 Å². The second-order valence-corrected chi connectivity index (χ2v) is 7.82. The molecule has 0 saturated heterocycles. The Hall–Kier alpha value is -3.39. The van der Waals surface area contributed by atoms with Crippen LogP contribution in [0.15, 0.2) is 46.6 Å². The smallest absolute Gasteiger partial charge is 0.166 e. The van der Waals surface area contributed by atoms with E-state index >= 15 is 0 Å². The van der Waals surface area contributed by atoms with Gasteiger partial charge in [0.1, 0.15) is 11.9 Å². The highest BCUT2D eigenvalue weighted by Crippen LogP contribution is 2.35. The number of anilines is 1. The molecule has 2 aromatic rings. The molecule has 2 atom stereocenters. The van der Waals surface area contributed by atoms with Gasteiger partial charge in [-0.05, 0) is 56.2 Å². The van der Waals surface area contributed by atoms with Crippen LogP contribution in [0, 0.1) is 5.82 Å². The Labute approximate surface area is 188 Å². The summed E-state index contributed by atoms with van der Waals surface area (Å²) in [6.45, 7) is 6.44. The molecule has 0 spiro atoms. The molecule has 2 bridgehead atoms. The molecule has 1 aromatic heterocycles. The van der Waals surface area contributed by atoms with Crippen molar-refractivity contribution in [3.05, 3.63) is 64.1 Å². The highest BCUT2D eigenvalue weighted by atomic mass is 19.1. The van der Waals surface area contributed by atoms with Gasteiger partial charge in [0.15, 0.2) is 11.6 Å². The lowest BCUT2D eigenvalue weighted by atomic mass is 9.91. The molecular weight excluding hydrogens is 407 g/mol. The lowest BCUT2D eigenvalue weighted by molar-refractivity contribution is 0.226. The Morgan fingerprint density at radius 3 is 2.75 bits per heavy atom. The molecule has 1 unspecified atom stereocenters. The normalized spacial score (nSPS) is 20.2. The molecule has 2 heterocycles. The Kier molecular flexibility index (Phi) is 7.15. The van der Waals surface area contributed by atoms with Gasteiger partial charge in [0.25, 0.3) is 0 Å². The van der Waals surface area contributed by atoms with Crippen molar-refractivity contribution < 1.29 is 9.13 Å². The van der Waals surface area contributed by atoms with Gasteiger partial charge in [-0.2, -0.15) is 0 Å². The zero-order chi connectivity index (χ0) is 23.4. The zero-order valence-corrected chi connectivity index (χ0v) is 18.9. The molecule has 7 N–H and O–H groups in total. The maximum absolute atomic E-state index is 14.2. The Balaban J connectivity index is 2.39. The number of benzene rings is 1. The molecule has 32 heavy (non-hydrogen) atoms. The van der Waals surface area contributed by atoms with Gasteiger partial charge in [-0.3, -0.25) is 4.99 Å². The molecule has 1 aliphatic rings. The first kappa shape index (κ1) is 23.3. The first-order valence-corrected chi connectivity index (χ1v) is 10.6. The van der Waals surface area contributed by atoms with Crippen LogP contribution in [0.5, 0.6) is 5.75 Å². The van der Waals surface area contributed by atoms with Gasteiger partial charge in [0.05, 0.1) is 0 Å². The van der Waals surface area contributed by atoms with Gasteiger partial charge in [-0.25, -0.2) is 9.37 Å². The van der Waals surface area contributed by atoms with E-state index in [9.17, 15) is 4.39 Å². The summed E-state index contributed by atoms with van der Waals surface area (Å²) in [7, 11) is 1.68. The summed E-state index contributed by atoms with van der Waals surface area (Å²) >= 11 is 0. The van der Waals surface area contributed by atoms with Crippen molar-refractivity contribution in [2.45, 2.75) is 39.3 Å². The van der Waals surface area contributed by atoms with Gasteiger partial charge in [0.2, 0.25) is 0 Å². The van der Waals surface area contributed by atoms with Crippen LogP contribution >= 0.6 is 0 Å². The minimum atomic E-state index is -0.530.